The predicted molar refractivity (Wildman–Crippen MR) is 113 cm³/mol. The third kappa shape index (κ3) is 5.15. The highest BCUT2D eigenvalue weighted by Gasteiger charge is 2.20. The smallest absolute Gasteiger partial charge is 0.271 e. The quantitative estimate of drug-likeness (QED) is 0.262. The second-order valence-corrected chi connectivity index (χ2v) is 6.88. The summed E-state index contributed by atoms with van der Waals surface area (Å²) in [5, 5.41) is 27.2. The number of rotatable bonds is 7. The molecule has 0 saturated heterocycles. The van der Waals surface area contributed by atoms with Gasteiger partial charge >= 0.3 is 5.69 Å². The summed E-state index contributed by atoms with van der Waals surface area (Å²) in [6, 6.07) is 14.3. The lowest BCUT2D eigenvalue weighted by Gasteiger charge is -2.07. The van der Waals surface area contributed by atoms with E-state index in [0.717, 1.165) is 17.2 Å². The molecule has 9 nitrogen and oxygen atoms in total. The van der Waals surface area contributed by atoms with E-state index in [9.17, 15) is 20.2 Å². The highest BCUT2D eigenvalue weighted by Crippen LogP contribution is 2.29. The minimum Gasteiger partial charge on any atom is -0.271 e. The van der Waals surface area contributed by atoms with Crippen LogP contribution in [0, 0.1) is 27.2 Å². The minimum absolute atomic E-state index is 0.0472. The third-order valence-corrected chi connectivity index (χ3v) is 4.52. The molecule has 0 radical (unpaired) electrons. The molecule has 3 rings (SSSR count). The standard InChI is InChI=1S/C20H17ClN5O4/c1-14-8-10-24(11-9-14)13-19(15-2-4-16(21)5-3-15)23-22-18-7-6-17(25(27)28)12-20(18)26(29)30/h2-12,22H,13H2,1H3/q+1. The summed E-state index contributed by atoms with van der Waals surface area (Å²) in [6.07, 6.45) is 3.80. The zero-order chi connectivity index (χ0) is 21.7. The summed E-state index contributed by atoms with van der Waals surface area (Å²) < 4.78 is 1.91. The number of halogens is 1. The van der Waals surface area contributed by atoms with Gasteiger partial charge < -0.3 is 0 Å². The molecule has 0 aliphatic carbocycles. The van der Waals surface area contributed by atoms with E-state index in [1.807, 2.05) is 36.0 Å². The van der Waals surface area contributed by atoms with Crippen LogP contribution in [0.1, 0.15) is 11.1 Å². The van der Waals surface area contributed by atoms with Crippen LogP contribution < -0.4 is 9.99 Å². The fourth-order valence-corrected chi connectivity index (χ4v) is 2.78. The molecule has 2 aromatic carbocycles. The number of nitrogens with one attached hydrogen (secondary N) is 1. The maximum Gasteiger partial charge on any atom is 0.301 e. The molecule has 0 aliphatic heterocycles. The van der Waals surface area contributed by atoms with E-state index in [2.05, 4.69) is 10.5 Å². The van der Waals surface area contributed by atoms with Gasteiger partial charge in [-0.1, -0.05) is 23.7 Å². The van der Waals surface area contributed by atoms with E-state index >= 15 is 0 Å². The summed E-state index contributed by atoms with van der Waals surface area (Å²) in [7, 11) is 0. The largest absolute Gasteiger partial charge is 0.301 e. The van der Waals surface area contributed by atoms with Gasteiger partial charge in [0.1, 0.15) is 11.4 Å². The number of hydrogen-bond donors (Lipinski definition) is 1. The van der Waals surface area contributed by atoms with Gasteiger partial charge in [-0.3, -0.25) is 25.7 Å². The van der Waals surface area contributed by atoms with E-state index < -0.39 is 15.5 Å². The number of nitro benzene ring substituents is 2. The Morgan fingerprint density at radius 1 is 1.03 bits per heavy atom. The number of pyridine rings is 1. The van der Waals surface area contributed by atoms with Gasteiger partial charge in [-0.25, -0.2) is 0 Å². The molecule has 10 heteroatoms. The molecule has 1 heterocycles. The molecule has 1 aromatic heterocycles. The average molecular weight is 427 g/mol. The topological polar surface area (TPSA) is 115 Å². The lowest BCUT2D eigenvalue weighted by molar-refractivity contribution is -0.681. The minimum atomic E-state index is -0.693. The third-order valence-electron chi connectivity index (χ3n) is 4.27. The Labute approximate surface area is 176 Å². The second-order valence-electron chi connectivity index (χ2n) is 6.44. The summed E-state index contributed by atoms with van der Waals surface area (Å²) in [5.74, 6) is 0. The molecule has 1 N–H and O–H groups in total. The first-order valence-corrected chi connectivity index (χ1v) is 9.18. The molecular weight excluding hydrogens is 410 g/mol. The molecule has 0 bridgehead atoms. The summed E-state index contributed by atoms with van der Waals surface area (Å²) >= 11 is 5.97. The van der Waals surface area contributed by atoms with E-state index in [4.69, 9.17) is 11.6 Å². The number of anilines is 1. The van der Waals surface area contributed by atoms with Gasteiger partial charge in [-0.05, 0) is 30.7 Å². The Kier molecular flexibility index (Phi) is 6.33. The highest BCUT2D eigenvalue weighted by atomic mass is 35.5. The van der Waals surface area contributed by atoms with Crippen LogP contribution in [0.5, 0.6) is 0 Å². The van der Waals surface area contributed by atoms with Gasteiger partial charge in [0.15, 0.2) is 18.9 Å². The fourth-order valence-electron chi connectivity index (χ4n) is 2.65. The van der Waals surface area contributed by atoms with E-state index in [1.54, 1.807) is 24.3 Å². The molecule has 0 amide bonds. The van der Waals surface area contributed by atoms with E-state index in [1.165, 1.54) is 12.1 Å². The molecule has 0 fully saturated rings. The summed E-state index contributed by atoms with van der Waals surface area (Å²) in [4.78, 5) is 20.9. The summed E-state index contributed by atoms with van der Waals surface area (Å²) in [5.41, 5.74) is 4.39. The molecule has 30 heavy (non-hydrogen) atoms. The molecule has 152 valence electrons. The Balaban J connectivity index is 1.97. The van der Waals surface area contributed by atoms with Crippen molar-refractivity contribution in [1.82, 2.24) is 0 Å². The van der Waals surface area contributed by atoms with Crippen LogP contribution in [-0.2, 0) is 6.54 Å². The number of nitro groups is 2. The van der Waals surface area contributed by atoms with Crippen molar-refractivity contribution in [2.24, 2.45) is 5.10 Å². The number of non-ortho nitro benzene ring substituents is 1. The first-order chi connectivity index (χ1) is 14.3. The van der Waals surface area contributed by atoms with Gasteiger partial charge in [-0.2, -0.15) is 9.67 Å². The molecule has 0 spiro atoms. The van der Waals surface area contributed by atoms with Gasteiger partial charge in [0, 0.05) is 28.8 Å². The highest BCUT2D eigenvalue weighted by molar-refractivity contribution is 6.30. The van der Waals surface area contributed by atoms with Crippen LogP contribution in [-0.4, -0.2) is 15.6 Å². The number of aromatic nitrogens is 1. The van der Waals surface area contributed by atoms with Crippen molar-refractivity contribution in [1.29, 1.82) is 0 Å². The molecule has 0 saturated carbocycles. The number of benzene rings is 2. The van der Waals surface area contributed by atoms with Crippen molar-refractivity contribution in [3.8, 4) is 0 Å². The Morgan fingerprint density at radius 2 is 1.70 bits per heavy atom. The number of aryl methyl sites for hydroxylation is 1. The monoisotopic (exact) mass is 426 g/mol. The van der Waals surface area contributed by atoms with Crippen molar-refractivity contribution in [3.63, 3.8) is 0 Å². The maximum atomic E-state index is 11.3. The van der Waals surface area contributed by atoms with Crippen molar-refractivity contribution in [3.05, 3.63) is 103 Å². The Hall–Kier alpha value is -3.85. The van der Waals surface area contributed by atoms with Crippen LogP contribution in [0.2, 0.25) is 5.02 Å². The number of hydrazone groups is 1. The summed E-state index contributed by atoms with van der Waals surface area (Å²) in [6.45, 7) is 2.36. The van der Waals surface area contributed by atoms with E-state index in [0.29, 0.717) is 17.3 Å². The van der Waals surface area contributed by atoms with Crippen LogP contribution in [0.3, 0.4) is 0 Å². The van der Waals surface area contributed by atoms with Crippen LogP contribution in [0.25, 0.3) is 0 Å². The van der Waals surface area contributed by atoms with Gasteiger partial charge in [0.2, 0.25) is 0 Å². The van der Waals surface area contributed by atoms with Gasteiger partial charge in [0.05, 0.1) is 15.9 Å². The van der Waals surface area contributed by atoms with Crippen LogP contribution in [0.4, 0.5) is 17.1 Å². The lowest BCUT2D eigenvalue weighted by atomic mass is 10.1. The van der Waals surface area contributed by atoms with Crippen molar-refractivity contribution < 1.29 is 14.4 Å². The Morgan fingerprint density at radius 3 is 2.30 bits per heavy atom. The van der Waals surface area contributed by atoms with Gasteiger partial charge in [-0.15, -0.1) is 0 Å². The number of hydrogen-bond acceptors (Lipinski definition) is 6. The zero-order valence-corrected chi connectivity index (χ0v) is 16.6. The van der Waals surface area contributed by atoms with Crippen LogP contribution in [0.15, 0.2) is 72.1 Å². The SMILES string of the molecule is Cc1cc[n+](CC(=NNc2ccc([N+](=O)[O-])cc2[N+](=O)[O-])c2ccc(Cl)cc2)cc1. The van der Waals surface area contributed by atoms with E-state index in [-0.39, 0.29) is 11.4 Å². The fraction of sp³-hybridized carbons (Fsp3) is 0.100. The van der Waals surface area contributed by atoms with Crippen molar-refractivity contribution >= 4 is 34.4 Å². The van der Waals surface area contributed by atoms with Gasteiger partial charge in [0.25, 0.3) is 5.69 Å². The molecule has 0 unspecified atom stereocenters. The molecule has 0 aliphatic rings. The zero-order valence-electron chi connectivity index (χ0n) is 15.9. The predicted octanol–water partition coefficient (Wildman–Crippen LogP) is 4.27. The van der Waals surface area contributed by atoms with Crippen molar-refractivity contribution in [2.75, 3.05) is 5.43 Å². The average Bonchev–Trinajstić information content (AvgIpc) is 2.73. The molecule has 3 aromatic rings. The maximum absolute atomic E-state index is 11.3. The Bertz CT molecular complexity index is 1120. The lowest BCUT2D eigenvalue weighted by Crippen LogP contribution is -2.37. The second kappa shape index (κ2) is 9.10. The molecular formula is C20H17ClN5O4+. The van der Waals surface area contributed by atoms with Crippen molar-refractivity contribution in [2.45, 2.75) is 13.5 Å². The molecule has 0 atom stereocenters. The normalized spacial score (nSPS) is 11.2. The first-order valence-electron chi connectivity index (χ1n) is 8.80. The number of nitrogens with zero attached hydrogens (tertiary/aromatic N) is 4. The first kappa shape index (κ1) is 20.9. The van der Waals surface area contributed by atoms with Crippen LogP contribution >= 0.6 is 11.6 Å².